The summed E-state index contributed by atoms with van der Waals surface area (Å²) in [6.07, 6.45) is 5.65. The number of nitrogens with zero attached hydrogens (tertiary/aromatic N) is 3. The fourth-order valence-corrected chi connectivity index (χ4v) is 2.46. The van der Waals surface area contributed by atoms with E-state index in [0.717, 1.165) is 16.9 Å². The van der Waals surface area contributed by atoms with Gasteiger partial charge in [0.15, 0.2) is 5.82 Å². The molecule has 2 aromatic carbocycles. The van der Waals surface area contributed by atoms with Crippen molar-refractivity contribution in [1.82, 2.24) is 14.8 Å². The molecule has 4 aromatic rings. The maximum absolute atomic E-state index is 4.40. The van der Waals surface area contributed by atoms with Crippen LogP contribution in [0.4, 0.5) is 0 Å². The van der Waals surface area contributed by atoms with Crippen molar-refractivity contribution < 1.29 is 0 Å². The van der Waals surface area contributed by atoms with Gasteiger partial charge in [0.05, 0.1) is 6.20 Å². The van der Waals surface area contributed by atoms with Gasteiger partial charge >= 0.3 is 0 Å². The summed E-state index contributed by atoms with van der Waals surface area (Å²) in [6.45, 7) is 0. The van der Waals surface area contributed by atoms with E-state index in [1.807, 2.05) is 30.6 Å². The molecule has 2 aromatic heterocycles. The van der Waals surface area contributed by atoms with Crippen molar-refractivity contribution in [2.45, 2.75) is 0 Å². The first-order valence-electron chi connectivity index (χ1n) is 6.85. The van der Waals surface area contributed by atoms with Gasteiger partial charge in [-0.15, -0.1) is 0 Å². The Labute approximate surface area is 122 Å². The van der Waals surface area contributed by atoms with E-state index in [9.17, 15) is 0 Å². The van der Waals surface area contributed by atoms with Gasteiger partial charge in [0.1, 0.15) is 0 Å². The van der Waals surface area contributed by atoms with Gasteiger partial charge in [0, 0.05) is 18.0 Å². The van der Waals surface area contributed by atoms with Crippen LogP contribution in [0.3, 0.4) is 0 Å². The summed E-state index contributed by atoms with van der Waals surface area (Å²) in [5, 5.41) is 6.88. The number of hydrogen-bond acceptors (Lipinski definition) is 2. The molecule has 3 nitrogen and oxygen atoms in total. The van der Waals surface area contributed by atoms with Crippen molar-refractivity contribution in [3.63, 3.8) is 0 Å². The molecule has 21 heavy (non-hydrogen) atoms. The van der Waals surface area contributed by atoms with Gasteiger partial charge in [0.2, 0.25) is 0 Å². The fourth-order valence-electron chi connectivity index (χ4n) is 2.46. The third kappa shape index (κ3) is 2.19. The SMILES string of the molecule is c1ccc(-n2cc(-c3ccc4ccccc4c3)cn2)nc1. The molecule has 2 heterocycles. The van der Waals surface area contributed by atoms with Crippen LogP contribution in [-0.2, 0) is 0 Å². The maximum Gasteiger partial charge on any atom is 0.153 e. The first-order chi connectivity index (χ1) is 10.4. The monoisotopic (exact) mass is 271 g/mol. The van der Waals surface area contributed by atoms with E-state index in [0.29, 0.717) is 0 Å². The highest BCUT2D eigenvalue weighted by Gasteiger charge is 2.04. The molecular weight excluding hydrogens is 258 g/mol. The van der Waals surface area contributed by atoms with Crippen molar-refractivity contribution in [1.29, 1.82) is 0 Å². The lowest BCUT2D eigenvalue weighted by Crippen LogP contribution is -1.95. The van der Waals surface area contributed by atoms with Crippen LogP contribution in [-0.4, -0.2) is 14.8 Å². The molecule has 100 valence electrons. The van der Waals surface area contributed by atoms with E-state index < -0.39 is 0 Å². The quantitative estimate of drug-likeness (QED) is 0.550. The second-order valence-corrected chi connectivity index (χ2v) is 4.92. The molecular formula is C18H13N3. The van der Waals surface area contributed by atoms with Crippen LogP contribution in [0.1, 0.15) is 0 Å². The summed E-state index contributed by atoms with van der Waals surface area (Å²) < 4.78 is 1.80. The summed E-state index contributed by atoms with van der Waals surface area (Å²) in [7, 11) is 0. The standard InChI is InChI=1S/C18H13N3/c1-2-6-15-11-16(9-8-14(15)5-1)17-12-20-21(13-17)18-7-3-4-10-19-18/h1-13H. The number of benzene rings is 2. The minimum atomic E-state index is 0.824. The molecule has 0 saturated heterocycles. The van der Waals surface area contributed by atoms with Gasteiger partial charge in [0.25, 0.3) is 0 Å². The van der Waals surface area contributed by atoms with Gasteiger partial charge < -0.3 is 0 Å². The molecule has 0 saturated carbocycles. The fraction of sp³-hybridized carbons (Fsp3) is 0. The number of hydrogen-bond donors (Lipinski definition) is 0. The van der Waals surface area contributed by atoms with Crippen LogP contribution < -0.4 is 0 Å². The highest BCUT2D eigenvalue weighted by molar-refractivity contribution is 5.87. The largest absolute Gasteiger partial charge is 0.237 e. The highest BCUT2D eigenvalue weighted by atomic mass is 15.3. The normalized spacial score (nSPS) is 10.9. The van der Waals surface area contributed by atoms with Crippen molar-refractivity contribution in [3.8, 4) is 16.9 Å². The molecule has 3 heteroatoms. The highest BCUT2D eigenvalue weighted by Crippen LogP contribution is 2.24. The lowest BCUT2D eigenvalue weighted by molar-refractivity contribution is 0.847. The van der Waals surface area contributed by atoms with Crippen LogP contribution in [0.15, 0.2) is 79.3 Å². The molecule has 0 N–H and O–H groups in total. The summed E-state index contributed by atoms with van der Waals surface area (Å²) in [5.41, 5.74) is 2.25. The summed E-state index contributed by atoms with van der Waals surface area (Å²) in [5.74, 6) is 0.824. The zero-order valence-electron chi connectivity index (χ0n) is 11.3. The molecule has 0 aliphatic heterocycles. The molecule has 0 spiro atoms. The Bertz CT molecular complexity index is 894. The van der Waals surface area contributed by atoms with Crippen LogP contribution in [0, 0.1) is 0 Å². The first-order valence-corrected chi connectivity index (χ1v) is 6.85. The van der Waals surface area contributed by atoms with Crippen molar-refractivity contribution in [2.75, 3.05) is 0 Å². The summed E-state index contributed by atoms with van der Waals surface area (Å²) >= 11 is 0. The number of rotatable bonds is 2. The number of aromatic nitrogens is 3. The van der Waals surface area contributed by atoms with E-state index in [1.54, 1.807) is 10.9 Å². The Balaban J connectivity index is 1.77. The predicted octanol–water partition coefficient (Wildman–Crippen LogP) is 4.09. The second-order valence-electron chi connectivity index (χ2n) is 4.92. The average Bonchev–Trinajstić information content (AvgIpc) is 3.05. The molecule has 0 fully saturated rings. The van der Waals surface area contributed by atoms with E-state index >= 15 is 0 Å². The lowest BCUT2D eigenvalue weighted by Gasteiger charge is -2.01. The maximum atomic E-state index is 4.40. The zero-order chi connectivity index (χ0) is 14.1. The Morgan fingerprint density at radius 2 is 1.62 bits per heavy atom. The van der Waals surface area contributed by atoms with Crippen molar-refractivity contribution in [2.24, 2.45) is 0 Å². The molecule has 0 aliphatic carbocycles. The number of fused-ring (bicyclic) bond motifs is 1. The first kappa shape index (κ1) is 11.9. The van der Waals surface area contributed by atoms with Gasteiger partial charge in [-0.05, 0) is 34.5 Å². The van der Waals surface area contributed by atoms with Crippen LogP contribution in [0.25, 0.3) is 27.7 Å². The smallest absolute Gasteiger partial charge is 0.153 e. The van der Waals surface area contributed by atoms with Crippen LogP contribution in [0.2, 0.25) is 0 Å². The molecule has 4 rings (SSSR count). The second kappa shape index (κ2) is 4.87. The molecule has 0 bridgehead atoms. The van der Waals surface area contributed by atoms with E-state index in [2.05, 4.69) is 52.5 Å². The molecule has 0 amide bonds. The van der Waals surface area contributed by atoms with Gasteiger partial charge in [-0.25, -0.2) is 9.67 Å². The summed E-state index contributed by atoms with van der Waals surface area (Å²) in [4.78, 5) is 4.31. The third-order valence-electron chi connectivity index (χ3n) is 3.55. The van der Waals surface area contributed by atoms with Gasteiger partial charge in [-0.2, -0.15) is 5.10 Å². The minimum Gasteiger partial charge on any atom is -0.237 e. The Morgan fingerprint density at radius 3 is 2.48 bits per heavy atom. The van der Waals surface area contributed by atoms with E-state index in [-0.39, 0.29) is 0 Å². The molecule has 0 radical (unpaired) electrons. The Hall–Kier alpha value is -2.94. The Kier molecular flexibility index (Phi) is 2.75. The van der Waals surface area contributed by atoms with Crippen molar-refractivity contribution in [3.05, 3.63) is 79.3 Å². The lowest BCUT2D eigenvalue weighted by atomic mass is 10.0. The molecule has 0 aliphatic rings. The van der Waals surface area contributed by atoms with Crippen LogP contribution in [0.5, 0.6) is 0 Å². The topological polar surface area (TPSA) is 30.7 Å². The summed E-state index contributed by atoms with van der Waals surface area (Å²) in [6, 6.07) is 20.6. The molecule has 0 atom stereocenters. The third-order valence-corrected chi connectivity index (χ3v) is 3.55. The van der Waals surface area contributed by atoms with Gasteiger partial charge in [-0.1, -0.05) is 42.5 Å². The van der Waals surface area contributed by atoms with E-state index in [1.165, 1.54) is 10.8 Å². The van der Waals surface area contributed by atoms with Crippen LogP contribution >= 0.6 is 0 Å². The Morgan fingerprint density at radius 1 is 0.762 bits per heavy atom. The predicted molar refractivity (Wildman–Crippen MR) is 84.3 cm³/mol. The van der Waals surface area contributed by atoms with Gasteiger partial charge in [-0.3, -0.25) is 0 Å². The zero-order valence-corrected chi connectivity index (χ0v) is 11.3. The van der Waals surface area contributed by atoms with Crippen molar-refractivity contribution >= 4 is 10.8 Å². The van der Waals surface area contributed by atoms with E-state index in [4.69, 9.17) is 0 Å². The molecule has 0 unspecified atom stereocenters. The average molecular weight is 271 g/mol. The minimum absolute atomic E-state index is 0.824. The number of pyridine rings is 1.